The summed E-state index contributed by atoms with van der Waals surface area (Å²) in [6.45, 7) is 6.24. The van der Waals surface area contributed by atoms with Crippen LogP contribution in [0.15, 0.2) is 182 Å². The first-order valence-electron chi connectivity index (χ1n) is 19.0. The van der Waals surface area contributed by atoms with Crippen molar-refractivity contribution < 1.29 is 4.65 Å². The number of nitrogens with zero attached hydrogens (tertiary/aromatic N) is 2. The van der Waals surface area contributed by atoms with E-state index in [4.69, 9.17) is 4.65 Å². The van der Waals surface area contributed by atoms with Crippen LogP contribution in [0.2, 0.25) is 0 Å². The van der Waals surface area contributed by atoms with Crippen LogP contribution in [0.25, 0.3) is 49.7 Å². The molecule has 4 heteroatoms. The van der Waals surface area contributed by atoms with Gasteiger partial charge in [0.1, 0.15) is 0 Å². The van der Waals surface area contributed by atoms with Gasteiger partial charge < -0.3 is 14.1 Å². The Balaban J connectivity index is 1.37. The third-order valence-electron chi connectivity index (χ3n) is 11.1. The van der Waals surface area contributed by atoms with Crippen molar-refractivity contribution in [1.82, 2.24) is 4.57 Å². The number of para-hydroxylation sites is 4. The van der Waals surface area contributed by atoms with Gasteiger partial charge in [-0.3, -0.25) is 0 Å². The molecule has 2 heterocycles. The first-order valence-corrected chi connectivity index (χ1v) is 19.0. The van der Waals surface area contributed by atoms with Gasteiger partial charge in [-0.1, -0.05) is 133 Å². The van der Waals surface area contributed by atoms with E-state index >= 15 is 0 Å². The number of fused-ring (bicyclic) bond motifs is 5. The molecule has 262 valence electrons. The van der Waals surface area contributed by atoms with E-state index in [1.54, 1.807) is 0 Å². The van der Waals surface area contributed by atoms with Crippen LogP contribution in [0.4, 0.5) is 17.1 Å². The second-order valence-electron chi connectivity index (χ2n) is 14.7. The maximum absolute atomic E-state index is 7.31. The molecule has 0 unspecified atom stereocenters. The molecule has 0 saturated carbocycles. The Morgan fingerprint density at radius 3 is 1.67 bits per heavy atom. The molecule has 10 rings (SSSR count). The summed E-state index contributed by atoms with van der Waals surface area (Å²) in [4.78, 5) is 2.45. The van der Waals surface area contributed by atoms with Crippen molar-refractivity contribution in [2.24, 2.45) is 0 Å². The van der Waals surface area contributed by atoms with Crippen LogP contribution in [0.5, 0.6) is 5.75 Å². The zero-order valence-corrected chi connectivity index (χ0v) is 31.2. The van der Waals surface area contributed by atoms with Crippen molar-refractivity contribution in [3.05, 3.63) is 199 Å². The molecular weight excluding hydrogens is 667 g/mol. The number of hydrogen-bond donors (Lipinski definition) is 0. The lowest BCUT2D eigenvalue weighted by molar-refractivity contribution is 0.591. The van der Waals surface area contributed by atoms with Gasteiger partial charge >= 0.3 is 6.92 Å². The fourth-order valence-corrected chi connectivity index (χ4v) is 8.90. The Morgan fingerprint density at radius 1 is 0.455 bits per heavy atom. The third kappa shape index (κ3) is 5.52. The van der Waals surface area contributed by atoms with Crippen molar-refractivity contribution in [3.8, 4) is 33.7 Å². The topological polar surface area (TPSA) is 17.4 Å². The molecule has 0 amide bonds. The largest absolute Gasteiger partial charge is 0.551 e. The van der Waals surface area contributed by atoms with Crippen molar-refractivity contribution in [2.45, 2.75) is 20.8 Å². The van der Waals surface area contributed by atoms with Crippen molar-refractivity contribution in [3.63, 3.8) is 0 Å². The van der Waals surface area contributed by atoms with Crippen LogP contribution < -0.4 is 20.5 Å². The number of benzene rings is 8. The molecule has 0 N–H and O–H groups in total. The molecule has 0 spiro atoms. The van der Waals surface area contributed by atoms with Gasteiger partial charge in [0.15, 0.2) is 0 Å². The summed E-state index contributed by atoms with van der Waals surface area (Å²) in [7, 11) is 0. The van der Waals surface area contributed by atoms with E-state index in [-0.39, 0.29) is 0 Å². The maximum atomic E-state index is 7.31. The highest BCUT2D eigenvalue weighted by Crippen LogP contribution is 2.43. The van der Waals surface area contributed by atoms with E-state index < -0.39 is 6.92 Å². The normalized spacial score (nSPS) is 12.2. The van der Waals surface area contributed by atoms with Gasteiger partial charge in [-0.05, 0) is 114 Å². The average Bonchev–Trinajstić information content (AvgIpc) is 3.55. The zero-order valence-electron chi connectivity index (χ0n) is 31.2. The van der Waals surface area contributed by atoms with Crippen LogP contribution in [-0.4, -0.2) is 11.5 Å². The molecule has 1 aromatic heterocycles. The fraction of sp³-hybridized carbons (Fsp3) is 0.0588. The predicted molar refractivity (Wildman–Crippen MR) is 233 cm³/mol. The van der Waals surface area contributed by atoms with Gasteiger partial charge in [0.25, 0.3) is 0 Å². The Morgan fingerprint density at radius 2 is 1.02 bits per heavy atom. The summed E-state index contributed by atoms with van der Waals surface area (Å²) < 4.78 is 9.79. The zero-order chi connectivity index (χ0) is 37.0. The van der Waals surface area contributed by atoms with Crippen LogP contribution in [-0.2, 0) is 0 Å². The van der Waals surface area contributed by atoms with Crippen molar-refractivity contribution >= 4 is 56.7 Å². The number of anilines is 3. The SMILES string of the molecule is Cc1cc(C)c(-c2cc3c(c(-n4c5ccccc5c5ccccc54)c2)B(Oc2ccccc2)c2cc(-c4ccccc4)ccc2N3c2ccccc2)c(C)c1. The molecular formula is C51H39BN2O. The Hall–Kier alpha value is -6.78. The molecule has 0 fully saturated rings. The molecule has 1 aliphatic rings. The summed E-state index contributed by atoms with van der Waals surface area (Å²) in [6, 6.07) is 65.6. The molecule has 1 aliphatic heterocycles. The standard InChI is InChI=1S/C51H39BN2O/c1-34-29-35(2)50(36(3)30-34)39-32-48-51(49(33-39)54-45-25-15-13-23-42(45)43-24-14-16-26-46(43)54)52(55-41-21-11-6-12-22-41)44-31-38(37-17-7-4-8-18-37)27-28-47(44)53(48)40-19-9-5-10-20-40/h4-33H,1-3H3. The first kappa shape index (κ1) is 32.8. The van der Waals surface area contributed by atoms with Crippen LogP contribution in [0.1, 0.15) is 16.7 Å². The third-order valence-corrected chi connectivity index (χ3v) is 11.1. The molecule has 0 aliphatic carbocycles. The summed E-state index contributed by atoms with van der Waals surface area (Å²) in [5.74, 6) is 0.824. The molecule has 9 aromatic rings. The monoisotopic (exact) mass is 706 g/mol. The second kappa shape index (κ2) is 13.3. The van der Waals surface area contributed by atoms with Gasteiger partial charge in [0, 0.05) is 39.0 Å². The Labute approximate surface area is 322 Å². The number of hydrogen-bond acceptors (Lipinski definition) is 2. The lowest BCUT2D eigenvalue weighted by atomic mass is 9.51. The predicted octanol–water partition coefficient (Wildman–Crippen LogP) is 12.0. The van der Waals surface area contributed by atoms with Gasteiger partial charge in [0.2, 0.25) is 0 Å². The summed E-state index contributed by atoms with van der Waals surface area (Å²) in [6.07, 6.45) is 0. The molecule has 3 nitrogen and oxygen atoms in total. The first-order chi connectivity index (χ1) is 27.0. The van der Waals surface area contributed by atoms with Crippen molar-refractivity contribution in [1.29, 1.82) is 0 Å². The van der Waals surface area contributed by atoms with Gasteiger partial charge in [-0.25, -0.2) is 0 Å². The quantitative estimate of drug-likeness (QED) is 0.160. The summed E-state index contributed by atoms with van der Waals surface area (Å²) in [5.41, 5.74) is 17.5. The molecule has 0 radical (unpaired) electrons. The van der Waals surface area contributed by atoms with E-state index in [0.29, 0.717) is 0 Å². The Kier molecular flexibility index (Phi) is 7.92. The van der Waals surface area contributed by atoms with Gasteiger partial charge in [-0.2, -0.15) is 0 Å². The van der Waals surface area contributed by atoms with E-state index in [2.05, 4.69) is 206 Å². The fourth-order valence-electron chi connectivity index (χ4n) is 8.90. The number of rotatable bonds is 6. The highest BCUT2D eigenvalue weighted by Gasteiger charge is 2.41. The van der Waals surface area contributed by atoms with Crippen LogP contribution in [0, 0.1) is 20.8 Å². The Bertz CT molecular complexity index is 2800. The molecule has 55 heavy (non-hydrogen) atoms. The maximum Gasteiger partial charge on any atom is 0.432 e. The number of aromatic nitrogens is 1. The second-order valence-corrected chi connectivity index (χ2v) is 14.7. The van der Waals surface area contributed by atoms with Gasteiger partial charge in [-0.15, -0.1) is 0 Å². The van der Waals surface area contributed by atoms with E-state index in [9.17, 15) is 0 Å². The minimum Gasteiger partial charge on any atom is -0.551 e. The highest BCUT2D eigenvalue weighted by atomic mass is 16.4. The minimum atomic E-state index is -0.430. The molecule has 0 saturated heterocycles. The summed E-state index contributed by atoms with van der Waals surface area (Å²) >= 11 is 0. The average molecular weight is 707 g/mol. The van der Waals surface area contributed by atoms with Crippen molar-refractivity contribution in [2.75, 3.05) is 4.90 Å². The van der Waals surface area contributed by atoms with Gasteiger partial charge in [0.05, 0.1) is 16.8 Å². The molecule has 0 atom stereocenters. The summed E-state index contributed by atoms with van der Waals surface area (Å²) in [5, 5.41) is 2.45. The smallest absolute Gasteiger partial charge is 0.432 e. The molecule has 0 bridgehead atoms. The lowest BCUT2D eigenvalue weighted by Gasteiger charge is -2.38. The van der Waals surface area contributed by atoms with Crippen LogP contribution in [0.3, 0.4) is 0 Å². The van der Waals surface area contributed by atoms with Crippen LogP contribution >= 0.6 is 0 Å². The number of aryl methyl sites for hydroxylation is 3. The lowest BCUT2D eigenvalue weighted by Crippen LogP contribution is -2.55. The molecule has 8 aromatic carbocycles. The minimum absolute atomic E-state index is 0.430. The highest BCUT2D eigenvalue weighted by molar-refractivity contribution is 6.85. The van der Waals surface area contributed by atoms with E-state index in [1.165, 1.54) is 44.2 Å². The van der Waals surface area contributed by atoms with E-state index in [1.807, 2.05) is 6.07 Å². The van der Waals surface area contributed by atoms with E-state index in [0.717, 1.165) is 56.0 Å².